The number of hydrogen-bond acceptors (Lipinski definition) is 3. The number of aryl methyl sites for hydroxylation is 1. The fourth-order valence-corrected chi connectivity index (χ4v) is 3.88. The van der Waals surface area contributed by atoms with Gasteiger partial charge in [0.15, 0.2) is 0 Å². The quantitative estimate of drug-likeness (QED) is 0.878. The lowest BCUT2D eigenvalue weighted by atomic mass is 10.1. The van der Waals surface area contributed by atoms with Crippen molar-refractivity contribution in [2.45, 2.75) is 42.2 Å². The third-order valence-corrected chi connectivity index (χ3v) is 5.08. The van der Waals surface area contributed by atoms with Gasteiger partial charge >= 0.3 is 0 Å². The number of amides is 1. The molecule has 1 aromatic rings. The summed E-state index contributed by atoms with van der Waals surface area (Å²) in [4.78, 5) is 13.6. The second-order valence-corrected chi connectivity index (χ2v) is 6.62. The maximum Gasteiger partial charge on any atom is 0.236 e. The van der Waals surface area contributed by atoms with Crippen LogP contribution in [0.4, 0.5) is 0 Å². The van der Waals surface area contributed by atoms with Gasteiger partial charge in [0.2, 0.25) is 5.91 Å². The van der Waals surface area contributed by atoms with Crippen LogP contribution in [0, 0.1) is 6.92 Å². The maximum atomic E-state index is 12.4. The first-order valence-electron chi connectivity index (χ1n) is 6.90. The Morgan fingerprint density at radius 1 is 1.30 bits per heavy atom. The molecule has 0 saturated heterocycles. The molecule has 1 fully saturated rings. The predicted molar refractivity (Wildman–Crippen MR) is 87.5 cm³/mol. The minimum Gasteiger partial charge on any atom is -0.354 e. The fourth-order valence-electron chi connectivity index (χ4n) is 2.50. The summed E-state index contributed by atoms with van der Waals surface area (Å²) in [6, 6.07) is 8.41. The number of carbonyl (C=O) groups excluding carboxylic acids is 1. The Kier molecular flexibility index (Phi) is 6.86. The Labute approximate surface area is 131 Å². The summed E-state index contributed by atoms with van der Waals surface area (Å²) in [5, 5.41) is 2.96. The first-order chi connectivity index (χ1) is 9.16. The molecule has 1 aromatic carbocycles. The van der Waals surface area contributed by atoms with Crippen LogP contribution < -0.4 is 11.1 Å². The number of thioether (sulfide) groups is 1. The van der Waals surface area contributed by atoms with Gasteiger partial charge in [0.1, 0.15) is 0 Å². The number of rotatable bonds is 5. The van der Waals surface area contributed by atoms with Crippen molar-refractivity contribution in [2.24, 2.45) is 5.73 Å². The molecule has 3 nitrogen and oxygen atoms in total. The molecule has 0 bridgehead atoms. The highest BCUT2D eigenvalue weighted by Crippen LogP contribution is 2.45. The van der Waals surface area contributed by atoms with Crippen LogP contribution in [-0.2, 0) is 4.79 Å². The van der Waals surface area contributed by atoms with Gasteiger partial charge in [-0.25, -0.2) is 0 Å². The molecule has 0 spiro atoms. The van der Waals surface area contributed by atoms with E-state index < -0.39 is 0 Å². The van der Waals surface area contributed by atoms with E-state index in [1.165, 1.54) is 10.5 Å². The molecule has 1 amide bonds. The Hall–Kier alpha value is -0.710. The Morgan fingerprint density at radius 3 is 2.45 bits per heavy atom. The first kappa shape index (κ1) is 17.3. The van der Waals surface area contributed by atoms with Crippen molar-refractivity contribution in [3.05, 3.63) is 29.8 Å². The van der Waals surface area contributed by atoms with E-state index in [0.29, 0.717) is 13.1 Å². The second kappa shape index (κ2) is 7.91. The van der Waals surface area contributed by atoms with E-state index in [1.807, 2.05) is 0 Å². The highest BCUT2D eigenvalue weighted by atomic mass is 35.5. The summed E-state index contributed by atoms with van der Waals surface area (Å²) < 4.78 is -0.287. The highest BCUT2D eigenvalue weighted by molar-refractivity contribution is 8.01. The molecular formula is C15H23ClN2OS. The van der Waals surface area contributed by atoms with E-state index in [9.17, 15) is 4.79 Å². The van der Waals surface area contributed by atoms with E-state index >= 15 is 0 Å². The van der Waals surface area contributed by atoms with Crippen LogP contribution in [0.15, 0.2) is 29.2 Å². The van der Waals surface area contributed by atoms with Crippen molar-refractivity contribution < 1.29 is 4.79 Å². The zero-order valence-electron chi connectivity index (χ0n) is 11.9. The topological polar surface area (TPSA) is 55.1 Å². The molecule has 2 rings (SSSR count). The lowest BCUT2D eigenvalue weighted by Crippen LogP contribution is -2.44. The molecule has 0 heterocycles. The lowest BCUT2D eigenvalue weighted by molar-refractivity contribution is -0.123. The molecule has 1 aliphatic rings. The smallest absolute Gasteiger partial charge is 0.236 e. The van der Waals surface area contributed by atoms with Crippen molar-refractivity contribution in [1.29, 1.82) is 0 Å². The summed E-state index contributed by atoms with van der Waals surface area (Å²) in [6.45, 7) is 3.14. The van der Waals surface area contributed by atoms with Crippen LogP contribution in [0.1, 0.15) is 31.2 Å². The number of carbonyl (C=O) groups is 1. The van der Waals surface area contributed by atoms with Crippen LogP contribution in [0.25, 0.3) is 0 Å². The average molecular weight is 315 g/mol. The first-order valence-corrected chi connectivity index (χ1v) is 7.72. The van der Waals surface area contributed by atoms with Crippen molar-refractivity contribution in [3.8, 4) is 0 Å². The number of nitrogens with one attached hydrogen (secondary N) is 1. The van der Waals surface area contributed by atoms with Crippen LogP contribution >= 0.6 is 24.2 Å². The molecule has 3 N–H and O–H groups in total. The van der Waals surface area contributed by atoms with Crippen LogP contribution in [0.5, 0.6) is 0 Å². The summed E-state index contributed by atoms with van der Waals surface area (Å²) in [6.07, 6.45) is 4.19. The van der Waals surface area contributed by atoms with Gasteiger partial charge < -0.3 is 11.1 Å². The average Bonchev–Trinajstić information content (AvgIpc) is 2.88. The van der Waals surface area contributed by atoms with Gasteiger partial charge in [-0.05, 0) is 31.9 Å². The number of hydrogen-bond donors (Lipinski definition) is 2. The van der Waals surface area contributed by atoms with E-state index in [-0.39, 0.29) is 23.1 Å². The molecular weight excluding hydrogens is 292 g/mol. The lowest BCUT2D eigenvalue weighted by Gasteiger charge is -2.27. The summed E-state index contributed by atoms with van der Waals surface area (Å²) in [7, 11) is 0. The monoisotopic (exact) mass is 314 g/mol. The zero-order valence-corrected chi connectivity index (χ0v) is 13.5. The molecule has 1 saturated carbocycles. The summed E-state index contributed by atoms with van der Waals surface area (Å²) in [5.41, 5.74) is 6.71. The van der Waals surface area contributed by atoms with Gasteiger partial charge in [-0.2, -0.15) is 0 Å². The SMILES string of the molecule is Cc1ccc(SC2(C(=O)NCCN)CCCC2)cc1.Cl. The molecule has 112 valence electrons. The van der Waals surface area contributed by atoms with Crippen LogP contribution in [-0.4, -0.2) is 23.7 Å². The number of halogens is 1. The van der Waals surface area contributed by atoms with Gasteiger partial charge in [-0.15, -0.1) is 24.2 Å². The molecule has 0 aliphatic heterocycles. The van der Waals surface area contributed by atoms with Gasteiger partial charge in [0.05, 0.1) is 4.75 Å². The summed E-state index contributed by atoms with van der Waals surface area (Å²) in [5.74, 6) is 0.154. The minimum atomic E-state index is -0.287. The van der Waals surface area contributed by atoms with Gasteiger partial charge in [-0.3, -0.25) is 4.79 Å². The number of nitrogens with two attached hydrogens (primary N) is 1. The molecule has 0 atom stereocenters. The van der Waals surface area contributed by atoms with Crippen molar-refractivity contribution in [3.63, 3.8) is 0 Å². The maximum absolute atomic E-state index is 12.4. The second-order valence-electron chi connectivity index (χ2n) is 5.16. The van der Waals surface area contributed by atoms with Gasteiger partial charge in [-0.1, -0.05) is 30.5 Å². The zero-order chi connectivity index (χ0) is 13.7. The largest absolute Gasteiger partial charge is 0.354 e. The molecule has 20 heavy (non-hydrogen) atoms. The van der Waals surface area contributed by atoms with Gasteiger partial charge in [0, 0.05) is 18.0 Å². The van der Waals surface area contributed by atoms with Crippen LogP contribution in [0.3, 0.4) is 0 Å². The number of benzene rings is 1. The molecule has 0 unspecified atom stereocenters. The van der Waals surface area contributed by atoms with Gasteiger partial charge in [0.25, 0.3) is 0 Å². The van der Waals surface area contributed by atoms with E-state index in [4.69, 9.17) is 5.73 Å². The Morgan fingerprint density at radius 2 is 1.90 bits per heavy atom. The predicted octanol–water partition coefficient (Wildman–Crippen LogP) is 2.90. The third-order valence-electron chi connectivity index (χ3n) is 3.59. The summed E-state index contributed by atoms with van der Waals surface area (Å²) >= 11 is 1.71. The fraction of sp³-hybridized carbons (Fsp3) is 0.533. The van der Waals surface area contributed by atoms with Crippen LogP contribution in [0.2, 0.25) is 0 Å². The Balaban J connectivity index is 0.00000200. The molecule has 0 aromatic heterocycles. The third kappa shape index (κ3) is 4.14. The Bertz CT molecular complexity index is 430. The van der Waals surface area contributed by atoms with Crippen molar-refractivity contribution in [2.75, 3.05) is 13.1 Å². The van der Waals surface area contributed by atoms with E-state index in [1.54, 1.807) is 11.8 Å². The normalized spacial score (nSPS) is 16.5. The van der Waals surface area contributed by atoms with Crippen molar-refractivity contribution in [1.82, 2.24) is 5.32 Å². The molecule has 5 heteroatoms. The molecule has 1 aliphatic carbocycles. The standard InChI is InChI=1S/C15H22N2OS.ClH/c1-12-4-6-13(7-5-12)19-15(8-2-3-9-15)14(18)17-11-10-16;/h4-7H,2-3,8-11,16H2,1H3,(H,17,18);1H. The van der Waals surface area contributed by atoms with Crippen molar-refractivity contribution >= 4 is 30.1 Å². The highest BCUT2D eigenvalue weighted by Gasteiger charge is 2.41. The van der Waals surface area contributed by atoms with E-state index in [2.05, 4.69) is 36.5 Å². The molecule has 0 radical (unpaired) electrons. The minimum absolute atomic E-state index is 0. The van der Waals surface area contributed by atoms with E-state index in [0.717, 1.165) is 25.7 Å².